The molecule has 30 heavy (non-hydrogen) atoms. The molecule has 0 saturated carbocycles. The second-order valence-corrected chi connectivity index (χ2v) is 7.89. The number of hydrogen-bond donors (Lipinski definition) is 0. The lowest BCUT2D eigenvalue weighted by Crippen LogP contribution is -2.23. The lowest BCUT2D eigenvalue weighted by molar-refractivity contribution is -0.121. The van der Waals surface area contributed by atoms with Crippen molar-refractivity contribution in [2.45, 2.75) is 26.9 Å². The van der Waals surface area contributed by atoms with Gasteiger partial charge in [-0.2, -0.15) is 0 Å². The molecule has 0 aliphatic carbocycles. The quantitative estimate of drug-likeness (QED) is 0.488. The highest BCUT2D eigenvalue weighted by molar-refractivity contribution is 8.18. The normalized spacial score (nSPS) is 16.6. The maximum absolute atomic E-state index is 12.7. The highest BCUT2D eigenvalue weighted by atomic mass is 32.2. The van der Waals surface area contributed by atoms with Crippen LogP contribution >= 0.6 is 11.8 Å². The number of thioether (sulfide) groups is 1. The average Bonchev–Trinajstić information content (AvgIpc) is 2.96. The first-order valence-corrected chi connectivity index (χ1v) is 10.5. The lowest BCUT2D eigenvalue weighted by atomic mass is 10.2. The first kappa shape index (κ1) is 21.6. The molecule has 0 bridgehead atoms. The van der Waals surface area contributed by atoms with Crippen LogP contribution < -0.4 is 4.74 Å². The van der Waals surface area contributed by atoms with Gasteiger partial charge in [0.2, 0.25) is 0 Å². The predicted octanol–water partition coefficient (Wildman–Crippen LogP) is 4.88. The van der Waals surface area contributed by atoms with Crippen LogP contribution in [0.2, 0.25) is 0 Å². The van der Waals surface area contributed by atoms with Crippen LogP contribution in [0.4, 0.5) is 5.69 Å². The van der Waals surface area contributed by atoms with Gasteiger partial charge in [0.15, 0.2) is 5.17 Å². The summed E-state index contributed by atoms with van der Waals surface area (Å²) < 4.78 is 10.8. The Balaban J connectivity index is 1.83. The fourth-order valence-electron chi connectivity index (χ4n) is 2.78. The highest BCUT2D eigenvalue weighted by Crippen LogP contribution is 2.33. The van der Waals surface area contributed by atoms with Crippen molar-refractivity contribution in [1.29, 1.82) is 0 Å². The third kappa shape index (κ3) is 5.30. The third-order valence-corrected chi connectivity index (χ3v) is 5.17. The Labute approximate surface area is 180 Å². The fourth-order valence-corrected chi connectivity index (χ4v) is 3.77. The molecular weight excluding hydrogens is 400 g/mol. The molecule has 0 atom stereocenters. The SMILES string of the molecule is CCOC(=O)c1cccc(N=C2SC(=Cc3cccc(OC(C)C)c3)C(=O)N2C)c1. The van der Waals surface area contributed by atoms with Gasteiger partial charge in [0.05, 0.1) is 28.9 Å². The van der Waals surface area contributed by atoms with Gasteiger partial charge in [0.25, 0.3) is 5.91 Å². The second-order valence-electron chi connectivity index (χ2n) is 6.88. The van der Waals surface area contributed by atoms with E-state index in [9.17, 15) is 9.59 Å². The van der Waals surface area contributed by atoms with E-state index in [1.54, 1.807) is 38.2 Å². The molecule has 1 heterocycles. The Morgan fingerprint density at radius 3 is 2.70 bits per heavy atom. The number of likely N-dealkylation sites (N-methyl/N-ethyl adjacent to an activating group) is 1. The van der Waals surface area contributed by atoms with E-state index in [1.807, 2.05) is 44.2 Å². The van der Waals surface area contributed by atoms with Crippen LogP contribution in [0.1, 0.15) is 36.7 Å². The molecule has 2 aromatic rings. The smallest absolute Gasteiger partial charge is 0.338 e. The Morgan fingerprint density at radius 2 is 1.97 bits per heavy atom. The topological polar surface area (TPSA) is 68.2 Å². The Hall–Kier alpha value is -3.06. The molecule has 0 radical (unpaired) electrons. The number of amidine groups is 1. The molecule has 1 amide bonds. The minimum Gasteiger partial charge on any atom is -0.491 e. The molecule has 7 heteroatoms. The minimum absolute atomic E-state index is 0.0747. The van der Waals surface area contributed by atoms with Gasteiger partial charge >= 0.3 is 5.97 Å². The number of hydrogen-bond acceptors (Lipinski definition) is 6. The van der Waals surface area contributed by atoms with Gasteiger partial charge in [-0.1, -0.05) is 18.2 Å². The van der Waals surface area contributed by atoms with Gasteiger partial charge in [0.1, 0.15) is 5.75 Å². The number of rotatable bonds is 6. The standard InChI is InChI=1S/C23H24N2O4S/c1-5-28-22(27)17-9-7-10-18(14-17)24-23-25(4)21(26)20(30-23)13-16-8-6-11-19(12-16)29-15(2)3/h6-15H,5H2,1-4H3. The molecule has 1 saturated heterocycles. The maximum Gasteiger partial charge on any atom is 0.338 e. The summed E-state index contributed by atoms with van der Waals surface area (Å²) in [5.74, 6) is 0.232. The summed E-state index contributed by atoms with van der Waals surface area (Å²) in [6, 6.07) is 14.5. The van der Waals surface area contributed by atoms with Gasteiger partial charge in [-0.05, 0) is 74.5 Å². The average molecular weight is 425 g/mol. The van der Waals surface area contributed by atoms with E-state index in [2.05, 4.69) is 4.99 Å². The number of carbonyl (C=O) groups excluding carboxylic acids is 2. The van der Waals surface area contributed by atoms with Crippen molar-refractivity contribution in [3.8, 4) is 5.75 Å². The number of nitrogens with zero attached hydrogens (tertiary/aromatic N) is 2. The molecule has 0 spiro atoms. The minimum atomic E-state index is -0.396. The van der Waals surface area contributed by atoms with E-state index in [0.717, 1.165) is 11.3 Å². The van der Waals surface area contributed by atoms with Crippen LogP contribution in [0.25, 0.3) is 6.08 Å². The summed E-state index contributed by atoms with van der Waals surface area (Å²) in [5, 5.41) is 0.543. The number of esters is 1. The molecule has 1 fully saturated rings. The van der Waals surface area contributed by atoms with Gasteiger partial charge in [-0.15, -0.1) is 0 Å². The molecule has 1 aliphatic rings. The first-order valence-electron chi connectivity index (χ1n) is 9.67. The van der Waals surface area contributed by atoms with E-state index < -0.39 is 5.97 Å². The Kier molecular flexibility index (Phi) is 6.95. The van der Waals surface area contributed by atoms with Gasteiger partial charge < -0.3 is 9.47 Å². The molecule has 1 aliphatic heterocycles. The number of aliphatic imine (C=N–C) groups is 1. The molecule has 3 rings (SSSR count). The van der Waals surface area contributed by atoms with Crippen LogP contribution in [0.15, 0.2) is 58.4 Å². The largest absolute Gasteiger partial charge is 0.491 e. The molecule has 0 aromatic heterocycles. The van der Waals surface area contributed by atoms with E-state index in [0.29, 0.717) is 27.9 Å². The first-order chi connectivity index (χ1) is 14.4. The van der Waals surface area contributed by atoms with Crippen molar-refractivity contribution in [3.63, 3.8) is 0 Å². The van der Waals surface area contributed by atoms with Crippen LogP contribution in [-0.4, -0.2) is 41.7 Å². The lowest BCUT2D eigenvalue weighted by Gasteiger charge is -2.09. The van der Waals surface area contributed by atoms with Crippen molar-refractivity contribution < 1.29 is 19.1 Å². The molecule has 6 nitrogen and oxygen atoms in total. The van der Waals surface area contributed by atoms with Crippen LogP contribution in [0.3, 0.4) is 0 Å². The van der Waals surface area contributed by atoms with Crippen LogP contribution in [0.5, 0.6) is 5.75 Å². The molecule has 0 N–H and O–H groups in total. The molecule has 156 valence electrons. The number of carbonyl (C=O) groups is 2. The van der Waals surface area contributed by atoms with Crippen molar-refractivity contribution in [1.82, 2.24) is 4.90 Å². The summed E-state index contributed by atoms with van der Waals surface area (Å²) >= 11 is 1.29. The van der Waals surface area contributed by atoms with Crippen molar-refractivity contribution in [2.75, 3.05) is 13.7 Å². The number of ether oxygens (including phenoxy) is 2. The number of amides is 1. The number of benzene rings is 2. The van der Waals surface area contributed by atoms with Crippen molar-refractivity contribution >= 4 is 40.6 Å². The predicted molar refractivity (Wildman–Crippen MR) is 120 cm³/mol. The monoisotopic (exact) mass is 424 g/mol. The van der Waals surface area contributed by atoms with Crippen molar-refractivity contribution in [2.24, 2.45) is 4.99 Å². The van der Waals surface area contributed by atoms with Gasteiger partial charge in [-0.25, -0.2) is 9.79 Å². The summed E-state index contributed by atoms with van der Waals surface area (Å²) in [6.07, 6.45) is 1.90. The summed E-state index contributed by atoms with van der Waals surface area (Å²) in [7, 11) is 1.68. The van der Waals surface area contributed by atoms with E-state index >= 15 is 0 Å². The zero-order valence-electron chi connectivity index (χ0n) is 17.4. The summed E-state index contributed by atoms with van der Waals surface area (Å²) in [5.41, 5.74) is 1.88. The van der Waals surface area contributed by atoms with Gasteiger partial charge in [0, 0.05) is 7.05 Å². The molecule has 0 unspecified atom stereocenters. The zero-order chi connectivity index (χ0) is 21.7. The van der Waals surface area contributed by atoms with Crippen LogP contribution in [0, 0.1) is 0 Å². The zero-order valence-corrected chi connectivity index (χ0v) is 18.2. The summed E-state index contributed by atoms with van der Waals surface area (Å²) in [6.45, 7) is 6.00. The summed E-state index contributed by atoms with van der Waals surface area (Å²) in [4.78, 5) is 31.2. The third-order valence-electron chi connectivity index (χ3n) is 4.11. The Morgan fingerprint density at radius 1 is 1.20 bits per heavy atom. The maximum atomic E-state index is 12.7. The van der Waals surface area contributed by atoms with E-state index in [-0.39, 0.29) is 12.0 Å². The Bertz CT molecular complexity index is 1010. The fraction of sp³-hybridized carbons (Fsp3) is 0.261. The van der Waals surface area contributed by atoms with Gasteiger partial charge in [-0.3, -0.25) is 9.69 Å². The highest BCUT2D eigenvalue weighted by Gasteiger charge is 2.30. The molecular formula is C23H24N2O4S. The van der Waals surface area contributed by atoms with Crippen molar-refractivity contribution in [3.05, 3.63) is 64.6 Å². The van der Waals surface area contributed by atoms with Crippen LogP contribution in [-0.2, 0) is 9.53 Å². The second kappa shape index (κ2) is 9.63. The molecule has 2 aromatic carbocycles. The van der Waals surface area contributed by atoms with E-state index in [4.69, 9.17) is 9.47 Å². The van der Waals surface area contributed by atoms with E-state index in [1.165, 1.54) is 16.7 Å².